The predicted molar refractivity (Wildman–Crippen MR) is 83.8 cm³/mol. The Hall–Kier alpha value is -1.66. The van der Waals surface area contributed by atoms with Crippen molar-refractivity contribution in [1.82, 2.24) is 10.2 Å². The lowest BCUT2D eigenvalue weighted by Crippen LogP contribution is -2.32. The summed E-state index contributed by atoms with van der Waals surface area (Å²) in [6.07, 6.45) is 1.15. The van der Waals surface area contributed by atoms with Crippen molar-refractivity contribution < 1.29 is 9.66 Å². The van der Waals surface area contributed by atoms with Crippen molar-refractivity contribution in [1.29, 1.82) is 0 Å². The Morgan fingerprint density at radius 3 is 2.62 bits per heavy atom. The van der Waals surface area contributed by atoms with Gasteiger partial charge in [-0.05, 0) is 31.1 Å². The van der Waals surface area contributed by atoms with Crippen molar-refractivity contribution in [2.75, 3.05) is 33.3 Å². The van der Waals surface area contributed by atoms with E-state index in [0.717, 1.165) is 38.2 Å². The molecule has 0 aliphatic carbocycles. The van der Waals surface area contributed by atoms with Crippen LogP contribution in [0.2, 0.25) is 0 Å². The third-order valence-corrected chi connectivity index (χ3v) is 3.32. The first kappa shape index (κ1) is 17.4. The number of likely N-dealkylation sites (N-methyl/N-ethyl adjacent to an activating group) is 1. The van der Waals surface area contributed by atoms with Crippen LogP contribution < -0.4 is 10.1 Å². The number of hydrogen-bond acceptors (Lipinski definition) is 5. The molecule has 0 heterocycles. The Morgan fingerprint density at radius 1 is 1.29 bits per heavy atom. The molecule has 1 N–H and O–H groups in total. The molecule has 0 aliphatic rings. The Labute approximate surface area is 126 Å². The van der Waals surface area contributed by atoms with Gasteiger partial charge in [0, 0.05) is 25.7 Å². The Kier molecular flexibility index (Phi) is 7.71. The number of methoxy groups -OCH3 is 1. The molecule has 21 heavy (non-hydrogen) atoms. The maximum Gasteiger partial charge on any atom is 0.273 e. The maximum atomic E-state index is 10.9. The molecule has 1 aromatic carbocycles. The molecule has 0 radical (unpaired) electrons. The summed E-state index contributed by atoms with van der Waals surface area (Å²) in [7, 11) is 1.51. The molecule has 0 saturated carbocycles. The van der Waals surface area contributed by atoms with Crippen LogP contribution in [0.3, 0.4) is 0 Å². The van der Waals surface area contributed by atoms with E-state index in [1.165, 1.54) is 13.2 Å². The van der Waals surface area contributed by atoms with Crippen molar-refractivity contribution in [2.45, 2.75) is 26.8 Å². The van der Waals surface area contributed by atoms with Crippen molar-refractivity contribution in [3.8, 4) is 5.75 Å². The van der Waals surface area contributed by atoms with Gasteiger partial charge in [-0.15, -0.1) is 0 Å². The van der Waals surface area contributed by atoms with Crippen molar-refractivity contribution in [2.24, 2.45) is 0 Å². The fraction of sp³-hybridized carbons (Fsp3) is 0.600. The standard InChI is InChI=1S/C15H25N3O3/c1-4-7-17(5-2)8-6-16-12-13-9-14(18(19)20)11-15(10-13)21-3/h9-11,16H,4-8,12H2,1-3H3. The molecule has 0 amide bonds. The minimum atomic E-state index is -0.397. The number of ether oxygens (including phenoxy) is 1. The summed E-state index contributed by atoms with van der Waals surface area (Å²) in [5.74, 6) is 0.516. The van der Waals surface area contributed by atoms with E-state index in [4.69, 9.17) is 4.74 Å². The van der Waals surface area contributed by atoms with Crippen molar-refractivity contribution in [3.05, 3.63) is 33.9 Å². The van der Waals surface area contributed by atoms with Gasteiger partial charge in [-0.25, -0.2) is 0 Å². The molecular formula is C15H25N3O3. The molecule has 0 unspecified atom stereocenters. The van der Waals surface area contributed by atoms with Crippen LogP contribution in [0.25, 0.3) is 0 Å². The van der Waals surface area contributed by atoms with E-state index in [9.17, 15) is 10.1 Å². The summed E-state index contributed by atoms with van der Waals surface area (Å²) >= 11 is 0. The minimum Gasteiger partial charge on any atom is -0.496 e. The van der Waals surface area contributed by atoms with Crippen LogP contribution in [-0.4, -0.2) is 43.1 Å². The second kappa shape index (κ2) is 9.31. The van der Waals surface area contributed by atoms with Crippen LogP contribution in [0.15, 0.2) is 18.2 Å². The van der Waals surface area contributed by atoms with E-state index in [1.54, 1.807) is 6.07 Å². The molecule has 0 fully saturated rings. The van der Waals surface area contributed by atoms with Crippen LogP contribution in [0.5, 0.6) is 5.75 Å². The quantitative estimate of drug-likeness (QED) is 0.408. The van der Waals surface area contributed by atoms with E-state index in [2.05, 4.69) is 24.1 Å². The fourth-order valence-corrected chi connectivity index (χ4v) is 2.18. The number of nitro groups is 1. The third-order valence-electron chi connectivity index (χ3n) is 3.32. The van der Waals surface area contributed by atoms with Crippen LogP contribution in [0.4, 0.5) is 5.69 Å². The van der Waals surface area contributed by atoms with Gasteiger partial charge < -0.3 is 15.0 Å². The lowest BCUT2D eigenvalue weighted by Gasteiger charge is -2.19. The first-order valence-electron chi connectivity index (χ1n) is 7.36. The zero-order valence-corrected chi connectivity index (χ0v) is 13.1. The van der Waals surface area contributed by atoms with Gasteiger partial charge in [0.15, 0.2) is 0 Å². The summed E-state index contributed by atoms with van der Waals surface area (Å²) in [6, 6.07) is 4.84. The summed E-state index contributed by atoms with van der Waals surface area (Å²) in [5, 5.41) is 14.2. The monoisotopic (exact) mass is 295 g/mol. The lowest BCUT2D eigenvalue weighted by molar-refractivity contribution is -0.385. The Morgan fingerprint density at radius 2 is 2.05 bits per heavy atom. The largest absolute Gasteiger partial charge is 0.496 e. The van der Waals surface area contributed by atoms with E-state index < -0.39 is 4.92 Å². The molecule has 1 aromatic rings. The van der Waals surface area contributed by atoms with Gasteiger partial charge in [0.25, 0.3) is 5.69 Å². The zero-order chi connectivity index (χ0) is 15.7. The highest BCUT2D eigenvalue weighted by Gasteiger charge is 2.10. The van der Waals surface area contributed by atoms with E-state index in [0.29, 0.717) is 12.3 Å². The summed E-state index contributed by atoms with van der Waals surface area (Å²) in [5.41, 5.74) is 0.923. The molecule has 0 aromatic heterocycles. The van der Waals surface area contributed by atoms with Gasteiger partial charge in [-0.1, -0.05) is 13.8 Å². The highest BCUT2D eigenvalue weighted by molar-refractivity contribution is 5.42. The highest BCUT2D eigenvalue weighted by Crippen LogP contribution is 2.22. The normalized spacial score (nSPS) is 10.9. The van der Waals surface area contributed by atoms with Gasteiger partial charge in [0.1, 0.15) is 5.75 Å². The van der Waals surface area contributed by atoms with Crippen LogP contribution in [0, 0.1) is 10.1 Å². The van der Waals surface area contributed by atoms with E-state index in [1.807, 2.05) is 6.07 Å². The summed E-state index contributed by atoms with van der Waals surface area (Å²) in [4.78, 5) is 12.9. The second-order valence-corrected chi connectivity index (χ2v) is 4.91. The minimum absolute atomic E-state index is 0.0623. The van der Waals surface area contributed by atoms with E-state index in [-0.39, 0.29) is 5.69 Å². The van der Waals surface area contributed by atoms with E-state index >= 15 is 0 Å². The molecule has 1 rings (SSSR count). The first-order valence-corrected chi connectivity index (χ1v) is 7.36. The molecule has 0 atom stereocenters. The molecule has 6 heteroatoms. The molecule has 0 spiro atoms. The molecule has 0 aliphatic heterocycles. The molecule has 118 valence electrons. The summed E-state index contributed by atoms with van der Waals surface area (Å²) in [6.45, 7) is 8.91. The van der Waals surface area contributed by atoms with Gasteiger partial charge in [-0.2, -0.15) is 0 Å². The molecule has 0 saturated heterocycles. The number of nitro benzene ring substituents is 1. The highest BCUT2D eigenvalue weighted by atomic mass is 16.6. The molecule has 0 bridgehead atoms. The van der Waals surface area contributed by atoms with Crippen molar-refractivity contribution >= 4 is 5.69 Å². The number of nitrogens with one attached hydrogen (secondary N) is 1. The number of nitrogens with zero attached hydrogens (tertiary/aromatic N) is 2. The third kappa shape index (κ3) is 6.10. The number of rotatable bonds is 10. The average molecular weight is 295 g/mol. The first-order chi connectivity index (χ1) is 10.1. The van der Waals surface area contributed by atoms with Crippen LogP contribution in [0.1, 0.15) is 25.8 Å². The molecular weight excluding hydrogens is 270 g/mol. The fourth-order valence-electron chi connectivity index (χ4n) is 2.18. The van der Waals surface area contributed by atoms with Gasteiger partial charge in [0.2, 0.25) is 0 Å². The lowest BCUT2D eigenvalue weighted by atomic mass is 10.2. The second-order valence-electron chi connectivity index (χ2n) is 4.91. The van der Waals surface area contributed by atoms with Crippen molar-refractivity contribution in [3.63, 3.8) is 0 Å². The number of hydrogen-bond donors (Lipinski definition) is 1. The zero-order valence-electron chi connectivity index (χ0n) is 13.1. The predicted octanol–water partition coefficient (Wildman–Crippen LogP) is 2.42. The van der Waals surface area contributed by atoms with Gasteiger partial charge >= 0.3 is 0 Å². The van der Waals surface area contributed by atoms with Crippen LogP contribution in [-0.2, 0) is 6.54 Å². The SMILES string of the molecule is CCCN(CC)CCNCc1cc(OC)cc([N+](=O)[O-])c1. The smallest absolute Gasteiger partial charge is 0.273 e. The Balaban J connectivity index is 2.51. The van der Waals surface area contributed by atoms with Crippen LogP contribution >= 0.6 is 0 Å². The maximum absolute atomic E-state index is 10.9. The van der Waals surface area contributed by atoms with Gasteiger partial charge in [-0.3, -0.25) is 10.1 Å². The van der Waals surface area contributed by atoms with Gasteiger partial charge in [0.05, 0.1) is 18.1 Å². The number of benzene rings is 1. The Bertz CT molecular complexity index is 452. The summed E-state index contributed by atoms with van der Waals surface area (Å²) < 4.78 is 5.10. The number of non-ortho nitro benzene ring substituents is 1. The molecule has 6 nitrogen and oxygen atoms in total. The average Bonchev–Trinajstić information content (AvgIpc) is 2.49. The topological polar surface area (TPSA) is 67.6 Å².